The highest BCUT2D eigenvalue weighted by molar-refractivity contribution is 5.73. The van der Waals surface area contributed by atoms with Crippen LogP contribution in [0.4, 0.5) is 0 Å². The second-order valence-corrected chi connectivity index (χ2v) is 6.00. The Morgan fingerprint density at radius 3 is 2.32 bits per heavy atom. The van der Waals surface area contributed by atoms with Crippen molar-refractivity contribution in [1.82, 2.24) is 5.32 Å². The highest BCUT2D eigenvalue weighted by atomic mass is 16.4. The summed E-state index contributed by atoms with van der Waals surface area (Å²) in [6.45, 7) is 5.98. The van der Waals surface area contributed by atoms with Crippen LogP contribution < -0.4 is 5.32 Å². The summed E-state index contributed by atoms with van der Waals surface area (Å²) < 4.78 is 0. The van der Waals surface area contributed by atoms with Crippen LogP contribution in [-0.4, -0.2) is 23.2 Å². The molecule has 19 heavy (non-hydrogen) atoms. The van der Waals surface area contributed by atoms with Gasteiger partial charge >= 0.3 is 5.97 Å². The van der Waals surface area contributed by atoms with Gasteiger partial charge in [0.15, 0.2) is 0 Å². The van der Waals surface area contributed by atoms with E-state index in [1.54, 1.807) is 0 Å². The molecule has 0 amide bonds. The van der Waals surface area contributed by atoms with E-state index in [-0.39, 0.29) is 5.92 Å². The van der Waals surface area contributed by atoms with Gasteiger partial charge in [-0.1, -0.05) is 43.7 Å². The molecule has 1 aromatic rings. The molecule has 0 saturated heterocycles. The molecule has 104 valence electrons. The molecule has 0 heterocycles. The second-order valence-electron chi connectivity index (χ2n) is 6.00. The van der Waals surface area contributed by atoms with Crippen LogP contribution in [0.15, 0.2) is 24.3 Å². The quantitative estimate of drug-likeness (QED) is 0.856. The Kier molecular flexibility index (Phi) is 4.25. The van der Waals surface area contributed by atoms with Crippen molar-refractivity contribution in [3.05, 3.63) is 35.4 Å². The molecule has 3 heteroatoms. The number of hydrogen-bond donors (Lipinski definition) is 2. The van der Waals surface area contributed by atoms with E-state index in [9.17, 15) is 4.79 Å². The lowest BCUT2D eigenvalue weighted by molar-refractivity contribution is -0.141. The second kappa shape index (κ2) is 5.74. The van der Waals surface area contributed by atoms with Crippen LogP contribution in [-0.2, 0) is 4.79 Å². The molecule has 0 aliphatic heterocycles. The molecule has 0 aromatic heterocycles. The molecule has 0 radical (unpaired) electrons. The van der Waals surface area contributed by atoms with E-state index >= 15 is 0 Å². The Morgan fingerprint density at radius 2 is 1.84 bits per heavy atom. The van der Waals surface area contributed by atoms with Crippen molar-refractivity contribution in [1.29, 1.82) is 0 Å². The van der Waals surface area contributed by atoms with Crippen LogP contribution in [0.3, 0.4) is 0 Å². The third-order valence-corrected chi connectivity index (χ3v) is 4.03. The lowest BCUT2D eigenvalue weighted by atomic mass is 9.75. The molecule has 0 bridgehead atoms. The molecule has 0 spiro atoms. The fraction of sp³-hybridized carbons (Fsp3) is 0.562. The summed E-state index contributed by atoms with van der Waals surface area (Å²) in [4.78, 5) is 11.1. The maximum atomic E-state index is 11.1. The molecular weight excluding hydrogens is 238 g/mol. The molecular formula is C16H23NO2. The van der Waals surface area contributed by atoms with Gasteiger partial charge in [-0.05, 0) is 37.2 Å². The Balaban J connectivity index is 1.86. The first kappa shape index (κ1) is 14.1. The Morgan fingerprint density at radius 1 is 1.26 bits per heavy atom. The van der Waals surface area contributed by atoms with Crippen molar-refractivity contribution in [2.75, 3.05) is 0 Å². The third-order valence-electron chi connectivity index (χ3n) is 4.03. The van der Waals surface area contributed by atoms with Crippen molar-refractivity contribution in [3.63, 3.8) is 0 Å². The molecule has 1 aliphatic carbocycles. The van der Waals surface area contributed by atoms with Crippen molar-refractivity contribution in [2.24, 2.45) is 5.92 Å². The monoisotopic (exact) mass is 261 g/mol. The van der Waals surface area contributed by atoms with Gasteiger partial charge in [0.25, 0.3) is 0 Å². The van der Waals surface area contributed by atoms with Gasteiger partial charge in [0.2, 0.25) is 0 Å². The zero-order valence-electron chi connectivity index (χ0n) is 11.9. The molecule has 1 saturated carbocycles. The molecule has 1 atom stereocenters. The molecule has 1 aliphatic rings. The third kappa shape index (κ3) is 3.35. The van der Waals surface area contributed by atoms with Crippen molar-refractivity contribution < 1.29 is 9.90 Å². The smallest absolute Gasteiger partial charge is 0.320 e. The van der Waals surface area contributed by atoms with Gasteiger partial charge < -0.3 is 10.4 Å². The highest BCUT2D eigenvalue weighted by Crippen LogP contribution is 2.37. The number of rotatable bonds is 5. The van der Waals surface area contributed by atoms with Gasteiger partial charge in [-0.3, -0.25) is 4.79 Å². The average molecular weight is 261 g/mol. The van der Waals surface area contributed by atoms with Gasteiger partial charge in [0.05, 0.1) is 0 Å². The number of aliphatic carboxylic acids is 1. The minimum atomic E-state index is -0.742. The predicted octanol–water partition coefficient (Wildman–Crippen LogP) is 2.94. The van der Waals surface area contributed by atoms with Crippen LogP contribution in [0, 0.1) is 12.8 Å². The van der Waals surface area contributed by atoms with E-state index in [1.807, 2.05) is 13.8 Å². The number of carbonyl (C=O) groups is 1. The van der Waals surface area contributed by atoms with E-state index in [4.69, 9.17) is 5.11 Å². The first-order valence-corrected chi connectivity index (χ1v) is 7.02. The highest BCUT2D eigenvalue weighted by Gasteiger charge is 2.34. The van der Waals surface area contributed by atoms with Gasteiger partial charge in [0.1, 0.15) is 6.04 Å². The molecule has 1 unspecified atom stereocenters. The number of carboxylic acids is 1. The maximum Gasteiger partial charge on any atom is 0.320 e. The lowest BCUT2D eigenvalue weighted by Crippen LogP contribution is -2.50. The van der Waals surface area contributed by atoms with Crippen LogP contribution in [0.5, 0.6) is 0 Å². The maximum absolute atomic E-state index is 11.1. The first-order chi connectivity index (χ1) is 8.97. The predicted molar refractivity (Wildman–Crippen MR) is 76.3 cm³/mol. The summed E-state index contributed by atoms with van der Waals surface area (Å²) in [6.07, 6.45) is 2.08. The van der Waals surface area contributed by atoms with E-state index in [1.165, 1.54) is 11.1 Å². The van der Waals surface area contributed by atoms with Crippen LogP contribution in [0.2, 0.25) is 0 Å². The van der Waals surface area contributed by atoms with Gasteiger partial charge in [-0.15, -0.1) is 0 Å². The molecule has 1 aromatic carbocycles. The van der Waals surface area contributed by atoms with E-state index < -0.39 is 12.0 Å². The minimum Gasteiger partial charge on any atom is -0.480 e. The van der Waals surface area contributed by atoms with Crippen molar-refractivity contribution >= 4 is 5.97 Å². The molecule has 3 nitrogen and oxygen atoms in total. The zero-order valence-corrected chi connectivity index (χ0v) is 11.9. The van der Waals surface area contributed by atoms with Crippen molar-refractivity contribution in [3.8, 4) is 0 Å². The summed E-state index contributed by atoms with van der Waals surface area (Å²) >= 11 is 0. The fourth-order valence-corrected chi connectivity index (χ4v) is 2.67. The summed E-state index contributed by atoms with van der Waals surface area (Å²) in [7, 11) is 0. The molecule has 2 N–H and O–H groups in total. The summed E-state index contributed by atoms with van der Waals surface area (Å²) in [6, 6.07) is 8.58. The molecule has 1 fully saturated rings. The SMILES string of the molecule is Cc1ccc(C2CC(NC(C(=O)O)C(C)C)C2)cc1. The fourth-order valence-electron chi connectivity index (χ4n) is 2.67. The normalized spacial score (nSPS) is 24.0. The number of benzene rings is 1. The van der Waals surface area contributed by atoms with E-state index in [0.29, 0.717) is 12.0 Å². The minimum absolute atomic E-state index is 0.121. The molecule has 2 rings (SSSR count). The Bertz CT molecular complexity index is 433. The number of aryl methyl sites for hydroxylation is 1. The number of hydrogen-bond acceptors (Lipinski definition) is 2. The Hall–Kier alpha value is -1.35. The summed E-state index contributed by atoms with van der Waals surface area (Å²) in [5.74, 6) is -0.0376. The van der Waals surface area contributed by atoms with Gasteiger partial charge in [-0.25, -0.2) is 0 Å². The van der Waals surface area contributed by atoms with Crippen LogP contribution in [0.25, 0.3) is 0 Å². The van der Waals surface area contributed by atoms with E-state index in [0.717, 1.165) is 12.8 Å². The zero-order chi connectivity index (χ0) is 14.0. The number of carboxylic acid groups (broad SMARTS) is 1. The van der Waals surface area contributed by atoms with Crippen LogP contribution >= 0.6 is 0 Å². The Labute approximate surface area is 115 Å². The van der Waals surface area contributed by atoms with Crippen LogP contribution in [0.1, 0.15) is 43.7 Å². The summed E-state index contributed by atoms with van der Waals surface area (Å²) in [5, 5.41) is 12.4. The summed E-state index contributed by atoms with van der Waals surface area (Å²) in [5.41, 5.74) is 2.66. The van der Waals surface area contributed by atoms with Gasteiger partial charge in [-0.2, -0.15) is 0 Å². The van der Waals surface area contributed by atoms with Gasteiger partial charge in [0, 0.05) is 6.04 Å². The number of nitrogens with one attached hydrogen (secondary N) is 1. The van der Waals surface area contributed by atoms with Crippen molar-refractivity contribution in [2.45, 2.75) is 51.6 Å². The topological polar surface area (TPSA) is 49.3 Å². The average Bonchev–Trinajstić information content (AvgIpc) is 2.28. The standard InChI is InChI=1S/C16H23NO2/c1-10(2)15(16(18)19)17-14-8-13(9-14)12-6-4-11(3)5-7-12/h4-7,10,13-15,17H,8-9H2,1-3H3,(H,18,19). The lowest BCUT2D eigenvalue weighted by Gasteiger charge is -2.38. The largest absolute Gasteiger partial charge is 0.480 e. The van der Waals surface area contributed by atoms with E-state index in [2.05, 4.69) is 36.5 Å². The first-order valence-electron chi connectivity index (χ1n) is 7.02.